The molecule has 0 N–H and O–H groups in total. The molecular formula is C14H13ClN2O3. The molecule has 1 aromatic heterocycles. The van der Waals surface area contributed by atoms with E-state index in [9.17, 15) is 0 Å². The van der Waals surface area contributed by atoms with Crippen molar-refractivity contribution in [2.75, 3.05) is 6.79 Å². The summed E-state index contributed by atoms with van der Waals surface area (Å²) in [7, 11) is 0. The van der Waals surface area contributed by atoms with Crippen molar-refractivity contribution in [1.29, 1.82) is 0 Å². The van der Waals surface area contributed by atoms with Gasteiger partial charge in [-0.05, 0) is 19.1 Å². The van der Waals surface area contributed by atoms with Crippen LogP contribution in [0.4, 0.5) is 0 Å². The standard InChI is InChI=1S/C14H13ClN2O3/c1-3-12-16-13(15)8(2)14(17-12)20-9-4-5-10-11(6-9)19-7-18-10/h4-6H,3,7H2,1-2H3. The molecule has 0 spiro atoms. The third-order valence-corrected chi connectivity index (χ3v) is 3.33. The second-order valence-corrected chi connectivity index (χ2v) is 4.69. The Morgan fingerprint density at radius 3 is 2.85 bits per heavy atom. The summed E-state index contributed by atoms with van der Waals surface area (Å²) in [6.07, 6.45) is 0.692. The fourth-order valence-electron chi connectivity index (χ4n) is 1.82. The summed E-state index contributed by atoms with van der Waals surface area (Å²) in [5.74, 6) is 3.10. The molecule has 0 amide bonds. The molecule has 0 radical (unpaired) electrons. The second kappa shape index (κ2) is 5.17. The maximum Gasteiger partial charge on any atom is 0.231 e. The van der Waals surface area contributed by atoms with E-state index < -0.39 is 0 Å². The molecule has 0 aliphatic carbocycles. The smallest absolute Gasteiger partial charge is 0.231 e. The minimum absolute atomic E-state index is 0.233. The number of hydrogen-bond donors (Lipinski definition) is 0. The third-order valence-electron chi connectivity index (χ3n) is 2.96. The molecule has 0 bridgehead atoms. The number of fused-ring (bicyclic) bond motifs is 1. The largest absolute Gasteiger partial charge is 0.454 e. The molecule has 1 aromatic carbocycles. The van der Waals surface area contributed by atoms with Gasteiger partial charge in [0.15, 0.2) is 11.5 Å². The SMILES string of the molecule is CCc1nc(Cl)c(C)c(Oc2ccc3c(c2)OCO3)n1. The van der Waals surface area contributed by atoms with Crippen LogP contribution in [-0.4, -0.2) is 16.8 Å². The van der Waals surface area contributed by atoms with Gasteiger partial charge in [-0.3, -0.25) is 0 Å². The quantitative estimate of drug-likeness (QED) is 0.810. The second-order valence-electron chi connectivity index (χ2n) is 4.33. The van der Waals surface area contributed by atoms with Gasteiger partial charge in [0.2, 0.25) is 12.7 Å². The van der Waals surface area contributed by atoms with Crippen molar-refractivity contribution in [3.8, 4) is 23.1 Å². The normalized spacial score (nSPS) is 12.6. The van der Waals surface area contributed by atoms with Gasteiger partial charge in [0.25, 0.3) is 0 Å². The summed E-state index contributed by atoms with van der Waals surface area (Å²) in [5, 5.41) is 0.410. The van der Waals surface area contributed by atoms with Crippen molar-refractivity contribution in [1.82, 2.24) is 9.97 Å². The number of rotatable bonds is 3. The Morgan fingerprint density at radius 1 is 1.25 bits per heavy atom. The minimum Gasteiger partial charge on any atom is -0.454 e. The van der Waals surface area contributed by atoms with Crippen LogP contribution in [0.15, 0.2) is 18.2 Å². The van der Waals surface area contributed by atoms with E-state index in [0.717, 1.165) is 0 Å². The van der Waals surface area contributed by atoms with Crippen LogP contribution in [-0.2, 0) is 6.42 Å². The van der Waals surface area contributed by atoms with Gasteiger partial charge in [0, 0.05) is 18.1 Å². The Balaban J connectivity index is 1.93. The van der Waals surface area contributed by atoms with Gasteiger partial charge in [-0.25, -0.2) is 4.98 Å². The zero-order valence-electron chi connectivity index (χ0n) is 11.1. The highest BCUT2D eigenvalue weighted by Gasteiger charge is 2.16. The van der Waals surface area contributed by atoms with Gasteiger partial charge in [-0.2, -0.15) is 4.98 Å². The van der Waals surface area contributed by atoms with Gasteiger partial charge in [-0.15, -0.1) is 0 Å². The van der Waals surface area contributed by atoms with Crippen LogP contribution in [0.5, 0.6) is 23.1 Å². The summed E-state index contributed by atoms with van der Waals surface area (Å²) < 4.78 is 16.4. The number of ether oxygens (including phenoxy) is 3. The number of benzene rings is 1. The van der Waals surface area contributed by atoms with Crippen molar-refractivity contribution in [3.05, 3.63) is 34.7 Å². The van der Waals surface area contributed by atoms with E-state index in [-0.39, 0.29) is 6.79 Å². The molecule has 1 aliphatic heterocycles. The van der Waals surface area contributed by atoms with Gasteiger partial charge in [-0.1, -0.05) is 18.5 Å². The summed E-state index contributed by atoms with van der Waals surface area (Å²) >= 11 is 6.08. The first-order chi connectivity index (χ1) is 9.67. The Kier molecular flexibility index (Phi) is 3.36. The average molecular weight is 293 g/mol. The topological polar surface area (TPSA) is 53.5 Å². The van der Waals surface area contributed by atoms with Crippen molar-refractivity contribution < 1.29 is 14.2 Å². The molecule has 5 nitrogen and oxygen atoms in total. The summed E-state index contributed by atoms with van der Waals surface area (Å²) in [6, 6.07) is 5.37. The molecule has 0 saturated heterocycles. The lowest BCUT2D eigenvalue weighted by atomic mass is 10.3. The molecule has 1 aliphatic rings. The van der Waals surface area contributed by atoms with E-state index in [0.29, 0.717) is 46.1 Å². The van der Waals surface area contributed by atoms with E-state index in [4.69, 9.17) is 25.8 Å². The van der Waals surface area contributed by atoms with Crippen LogP contribution in [0.25, 0.3) is 0 Å². The Bertz CT molecular complexity index is 661. The molecule has 104 valence electrons. The molecule has 2 aromatic rings. The molecule has 0 saturated carbocycles. The Hall–Kier alpha value is -2.01. The minimum atomic E-state index is 0.233. The summed E-state index contributed by atoms with van der Waals surface area (Å²) in [6.45, 7) is 4.02. The molecule has 20 heavy (non-hydrogen) atoms. The fourth-order valence-corrected chi connectivity index (χ4v) is 2.00. The molecule has 2 heterocycles. The molecule has 0 atom stereocenters. The molecule has 0 unspecified atom stereocenters. The lowest BCUT2D eigenvalue weighted by Gasteiger charge is -2.10. The number of nitrogens with zero attached hydrogens (tertiary/aromatic N) is 2. The fraction of sp³-hybridized carbons (Fsp3) is 0.286. The van der Waals surface area contributed by atoms with Crippen molar-refractivity contribution >= 4 is 11.6 Å². The average Bonchev–Trinajstić information content (AvgIpc) is 2.91. The zero-order chi connectivity index (χ0) is 14.1. The van der Waals surface area contributed by atoms with E-state index in [1.807, 2.05) is 13.8 Å². The number of aromatic nitrogens is 2. The zero-order valence-corrected chi connectivity index (χ0v) is 11.9. The van der Waals surface area contributed by atoms with Crippen LogP contribution >= 0.6 is 11.6 Å². The molecule has 3 rings (SSSR count). The van der Waals surface area contributed by atoms with Crippen LogP contribution in [0.2, 0.25) is 5.15 Å². The molecule has 6 heteroatoms. The lowest BCUT2D eigenvalue weighted by Crippen LogP contribution is -2.00. The van der Waals surface area contributed by atoms with Crippen molar-refractivity contribution in [2.45, 2.75) is 20.3 Å². The van der Waals surface area contributed by atoms with Crippen molar-refractivity contribution in [2.24, 2.45) is 0 Å². The maximum absolute atomic E-state index is 6.08. The van der Waals surface area contributed by atoms with Crippen LogP contribution < -0.4 is 14.2 Å². The van der Waals surface area contributed by atoms with Crippen LogP contribution in [0, 0.1) is 6.92 Å². The van der Waals surface area contributed by atoms with Crippen LogP contribution in [0.3, 0.4) is 0 Å². The maximum atomic E-state index is 6.08. The van der Waals surface area contributed by atoms with Gasteiger partial charge in [0.1, 0.15) is 16.7 Å². The Morgan fingerprint density at radius 2 is 2.05 bits per heavy atom. The highest BCUT2D eigenvalue weighted by atomic mass is 35.5. The molecular weight excluding hydrogens is 280 g/mol. The highest BCUT2D eigenvalue weighted by molar-refractivity contribution is 6.30. The number of aryl methyl sites for hydroxylation is 1. The van der Waals surface area contributed by atoms with Crippen LogP contribution in [0.1, 0.15) is 18.3 Å². The van der Waals surface area contributed by atoms with E-state index in [2.05, 4.69) is 9.97 Å². The monoisotopic (exact) mass is 292 g/mol. The van der Waals surface area contributed by atoms with Crippen molar-refractivity contribution in [3.63, 3.8) is 0 Å². The summed E-state index contributed by atoms with van der Waals surface area (Å²) in [4.78, 5) is 8.53. The summed E-state index contributed by atoms with van der Waals surface area (Å²) in [5.41, 5.74) is 0.710. The van der Waals surface area contributed by atoms with Gasteiger partial charge >= 0.3 is 0 Å². The Labute approximate surface area is 121 Å². The number of hydrogen-bond acceptors (Lipinski definition) is 5. The lowest BCUT2D eigenvalue weighted by molar-refractivity contribution is 0.174. The first-order valence-corrected chi connectivity index (χ1v) is 6.65. The highest BCUT2D eigenvalue weighted by Crippen LogP contribution is 2.37. The number of halogens is 1. The van der Waals surface area contributed by atoms with Gasteiger partial charge < -0.3 is 14.2 Å². The first-order valence-electron chi connectivity index (χ1n) is 6.28. The third kappa shape index (κ3) is 2.36. The van der Waals surface area contributed by atoms with E-state index in [1.165, 1.54) is 0 Å². The predicted octanol–water partition coefficient (Wildman–Crippen LogP) is 3.52. The first kappa shape index (κ1) is 13.0. The predicted molar refractivity (Wildman–Crippen MR) is 73.8 cm³/mol. The van der Waals surface area contributed by atoms with Gasteiger partial charge in [0.05, 0.1) is 0 Å². The molecule has 0 fully saturated rings. The van der Waals surface area contributed by atoms with E-state index >= 15 is 0 Å². The van der Waals surface area contributed by atoms with E-state index in [1.54, 1.807) is 18.2 Å².